The summed E-state index contributed by atoms with van der Waals surface area (Å²) in [5, 5.41) is 0.619. The average molecular weight is 391 g/mol. The average Bonchev–Trinajstić information content (AvgIpc) is 3.12. The summed E-state index contributed by atoms with van der Waals surface area (Å²) in [5.74, 6) is 0. The van der Waals surface area contributed by atoms with E-state index in [0.29, 0.717) is 5.25 Å². The second-order valence-electron chi connectivity index (χ2n) is 7.29. The van der Waals surface area contributed by atoms with Gasteiger partial charge in [-0.1, -0.05) is 121 Å². The van der Waals surface area contributed by atoms with Crippen LogP contribution in [0.4, 0.5) is 0 Å². The molecule has 1 aliphatic carbocycles. The van der Waals surface area contributed by atoms with Crippen LogP contribution in [0.5, 0.6) is 0 Å². The fraction of sp³-hybridized carbons (Fsp3) is 0.0714. The van der Waals surface area contributed by atoms with Crippen molar-refractivity contribution in [1.82, 2.24) is 0 Å². The van der Waals surface area contributed by atoms with Crippen molar-refractivity contribution in [3.8, 4) is 11.1 Å². The summed E-state index contributed by atoms with van der Waals surface area (Å²) in [6.07, 6.45) is 4.59. The van der Waals surface area contributed by atoms with Gasteiger partial charge in [0, 0.05) is 5.25 Å². The first-order chi connectivity index (χ1) is 14.4. The van der Waals surface area contributed by atoms with Crippen molar-refractivity contribution < 1.29 is 0 Å². The van der Waals surface area contributed by atoms with E-state index in [1.807, 2.05) is 11.8 Å². The van der Waals surface area contributed by atoms with Crippen LogP contribution >= 0.6 is 11.8 Å². The van der Waals surface area contributed by atoms with Gasteiger partial charge in [-0.15, -0.1) is 11.8 Å². The third kappa shape index (κ3) is 3.66. The molecule has 1 atom stereocenters. The number of thioether (sulfide) groups is 1. The zero-order chi connectivity index (χ0) is 19.5. The van der Waals surface area contributed by atoms with E-state index in [-0.39, 0.29) is 5.25 Å². The lowest BCUT2D eigenvalue weighted by molar-refractivity contribution is 1.16. The lowest BCUT2D eigenvalue weighted by Gasteiger charge is -2.20. The van der Waals surface area contributed by atoms with Gasteiger partial charge in [0.2, 0.25) is 0 Å². The molecule has 0 N–H and O–H groups in total. The second-order valence-corrected chi connectivity index (χ2v) is 8.54. The highest BCUT2D eigenvalue weighted by atomic mass is 32.2. The van der Waals surface area contributed by atoms with E-state index in [1.165, 1.54) is 33.4 Å². The second kappa shape index (κ2) is 8.14. The first kappa shape index (κ1) is 18.0. The fourth-order valence-corrected chi connectivity index (χ4v) is 5.52. The van der Waals surface area contributed by atoms with Crippen LogP contribution in [0.15, 0.2) is 115 Å². The minimum absolute atomic E-state index is 0.278. The van der Waals surface area contributed by atoms with E-state index >= 15 is 0 Å². The molecule has 4 aromatic rings. The van der Waals surface area contributed by atoms with Gasteiger partial charge in [0.1, 0.15) is 0 Å². The molecule has 0 aromatic heterocycles. The van der Waals surface area contributed by atoms with Crippen LogP contribution in [0.3, 0.4) is 0 Å². The van der Waals surface area contributed by atoms with Gasteiger partial charge in [0.15, 0.2) is 0 Å². The van der Waals surface area contributed by atoms with Crippen molar-refractivity contribution >= 4 is 17.8 Å². The largest absolute Gasteiger partial charge is 0.136 e. The molecule has 1 heteroatoms. The molecule has 0 spiro atoms. The van der Waals surface area contributed by atoms with Gasteiger partial charge in [-0.25, -0.2) is 0 Å². The van der Waals surface area contributed by atoms with E-state index in [0.717, 1.165) is 0 Å². The molecule has 5 rings (SSSR count). The van der Waals surface area contributed by atoms with Crippen molar-refractivity contribution in [1.29, 1.82) is 0 Å². The lowest BCUT2D eigenvalue weighted by atomic mass is 10.1. The van der Waals surface area contributed by atoms with Gasteiger partial charge in [-0.3, -0.25) is 0 Å². The maximum Gasteiger partial charge on any atom is 0.0568 e. The van der Waals surface area contributed by atoms with E-state index in [1.54, 1.807) is 0 Å². The Balaban J connectivity index is 1.53. The Kier molecular flexibility index (Phi) is 5.06. The molecule has 0 heterocycles. The standard InChI is InChI=1S/C28H22S/c1-3-11-21(12-4-1)19-20-27(22-13-5-2-6-14-22)29-28-25-17-9-7-15-23(25)24-16-8-10-18-26(24)28/h1-20,27-28H/b20-19+. The molecule has 1 aliphatic rings. The van der Waals surface area contributed by atoms with Crippen LogP contribution in [-0.2, 0) is 0 Å². The van der Waals surface area contributed by atoms with Crippen molar-refractivity contribution in [2.24, 2.45) is 0 Å². The highest BCUT2D eigenvalue weighted by Crippen LogP contribution is 2.54. The summed E-state index contributed by atoms with van der Waals surface area (Å²) in [6, 6.07) is 39.1. The molecule has 4 aromatic carbocycles. The summed E-state index contributed by atoms with van der Waals surface area (Å²) >= 11 is 2.02. The maximum absolute atomic E-state index is 2.35. The first-order valence-corrected chi connectivity index (χ1v) is 11.0. The van der Waals surface area contributed by atoms with Crippen molar-refractivity contribution in [3.05, 3.63) is 138 Å². The zero-order valence-electron chi connectivity index (χ0n) is 16.1. The molecule has 0 saturated carbocycles. The van der Waals surface area contributed by atoms with Gasteiger partial charge in [0.25, 0.3) is 0 Å². The monoisotopic (exact) mass is 390 g/mol. The Bertz CT molecular complexity index is 1080. The number of hydrogen-bond donors (Lipinski definition) is 0. The molecular weight excluding hydrogens is 368 g/mol. The van der Waals surface area contributed by atoms with Gasteiger partial charge >= 0.3 is 0 Å². The smallest absolute Gasteiger partial charge is 0.0568 e. The predicted octanol–water partition coefficient (Wildman–Crippen LogP) is 7.94. The summed E-state index contributed by atoms with van der Waals surface area (Å²) in [4.78, 5) is 0. The molecule has 0 saturated heterocycles. The highest BCUT2D eigenvalue weighted by molar-refractivity contribution is 8.00. The van der Waals surface area contributed by atoms with Crippen molar-refractivity contribution in [3.63, 3.8) is 0 Å². The number of hydrogen-bond acceptors (Lipinski definition) is 1. The number of fused-ring (bicyclic) bond motifs is 3. The summed E-state index contributed by atoms with van der Waals surface area (Å²) in [7, 11) is 0. The van der Waals surface area contributed by atoms with E-state index in [2.05, 4.69) is 121 Å². The molecule has 0 amide bonds. The number of benzene rings is 4. The molecule has 0 fully saturated rings. The first-order valence-electron chi connectivity index (χ1n) is 10.0. The highest BCUT2D eigenvalue weighted by Gasteiger charge is 2.30. The summed E-state index contributed by atoms with van der Waals surface area (Å²) < 4.78 is 0. The summed E-state index contributed by atoms with van der Waals surface area (Å²) in [6.45, 7) is 0. The Morgan fingerprint density at radius 1 is 0.586 bits per heavy atom. The summed E-state index contributed by atoms with van der Waals surface area (Å²) in [5.41, 5.74) is 8.17. The maximum atomic E-state index is 2.35. The molecule has 29 heavy (non-hydrogen) atoms. The Hall–Kier alpha value is -3.03. The molecule has 1 unspecified atom stereocenters. The van der Waals surface area contributed by atoms with Crippen LogP contribution in [0.1, 0.15) is 32.8 Å². The third-order valence-electron chi connectivity index (χ3n) is 5.45. The van der Waals surface area contributed by atoms with E-state index in [4.69, 9.17) is 0 Å². The minimum Gasteiger partial charge on any atom is -0.136 e. The fourth-order valence-electron chi connectivity index (χ4n) is 4.04. The van der Waals surface area contributed by atoms with Crippen LogP contribution in [0.2, 0.25) is 0 Å². The molecule has 0 radical (unpaired) electrons. The minimum atomic E-state index is 0.278. The van der Waals surface area contributed by atoms with Gasteiger partial charge in [0.05, 0.1) is 5.25 Å². The van der Waals surface area contributed by atoms with Crippen LogP contribution in [0.25, 0.3) is 17.2 Å². The zero-order valence-corrected chi connectivity index (χ0v) is 16.9. The Morgan fingerprint density at radius 2 is 1.10 bits per heavy atom. The lowest BCUT2D eigenvalue weighted by Crippen LogP contribution is -1.97. The quantitative estimate of drug-likeness (QED) is 0.333. The third-order valence-corrected chi connectivity index (χ3v) is 6.95. The molecular formula is C28H22S. The van der Waals surface area contributed by atoms with Crippen molar-refractivity contribution in [2.75, 3.05) is 0 Å². The van der Waals surface area contributed by atoms with Gasteiger partial charge in [-0.2, -0.15) is 0 Å². The topological polar surface area (TPSA) is 0 Å². The van der Waals surface area contributed by atoms with Crippen LogP contribution in [0, 0.1) is 0 Å². The number of rotatable bonds is 5. The Morgan fingerprint density at radius 3 is 1.72 bits per heavy atom. The molecule has 0 nitrogen and oxygen atoms in total. The molecule has 140 valence electrons. The normalized spacial score (nSPS) is 13.9. The van der Waals surface area contributed by atoms with Crippen LogP contribution < -0.4 is 0 Å². The molecule has 0 bridgehead atoms. The predicted molar refractivity (Wildman–Crippen MR) is 126 cm³/mol. The SMILES string of the molecule is C(=C\C(SC1c2ccccc2-c2ccccc21)c1ccccc1)/c1ccccc1. The van der Waals surface area contributed by atoms with Gasteiger partial charge < -0.3 is 0 Å². The molecule has 0 aliphatic heterocycles. The van der Waals surface area contributed by atoms with E-state index in [9.17, 15) is 0 Å². The van der Waals surface area contributed by atoms with Crippen molar-refractivity contribution in [2.45, 2.75) is 10.5 Å². The Labute approximate surface area is 176 Å². The van der Waals surface area contributed by atoms with Gasteiger partial charge in [-0.05, 0) is 33.4 Å². The van der Waals surface area contributed by atoms with Crippen LogP contribution in [-0.4, -0.2) is 0 Å². The van der Waals surface area contributed by atoms with E-state index < -0.39 is 0 Å².